The molecule has 0 saturated heterocycles. The molecule has 3 nitrogen and oxygen atoms in total. The van der Waals surface area contributed by atoms with Crippen LogP contribution in [-0.2, 0) is 11.2 Å². The van der Waals surface area contributed by atoms with Crippen LogP contribution in [0.15, 0.2) is 17.5 Å². The Hall–Kier alpha value is -0.870. The van der Waals surface area contributed by atoms with Crippen LogP contribution >= 0.6 is 11.3 Å². The van der Waals surface area contributed by atoms with Gasteiger partial charge in [0.1, 0.15) is 0 Å². The summed E-state index contributed by atoms with van der Waals surface area (Å²) in [6, 6.07) is 4.17. The van der Waals surface area contributed by atoms with E-state index in [1.807, 2.05) is 20.0 Å². The summed E-state index contributed by atoms with van der Waals surface area (Å²) in [5, 5.41) is 11.0. The van der Waals surface area contributed by atoms with Crippen LogP contribution in [0.4, 0.5) is 0 Å². The van der Waals surface area contributed by atoms with Crippen LogP contribution in [0.5, 0.6) is 0 Å². The van der Waals surface area contributed by atoms with Gasteiger partial charge < -0.3 is 10.0 Å². The van der Waals surface area contributed by atoms with Gasteiger partial charge in [0.2, 0.25) is 0 Å². The van der Waals surface area contributed by atoms with Gasteiger partial charge in [-0.2, -0.15) is 0 Å². The maximum absolute atomic E-state index is 10.9. The van der Waals surface area contributed by atoms with Gasteiger partial charge in [-0.15, -0.1) is 11.3 Å². The van der Waals surface area contributed by atoms with Crippen LogP contribution in [0.25, 0.3) is 0 Å². The zero-order valence-electron chi connectivity index (χ0n) is 9.85. The molecule has 0 radical (unpaired) electrons. The number of thiophene rings is 1. The third-order valence-corrected chi connectivity index (χ3v) is 3.63. The zero-order chi connectivity index (χ0) is 12.0. The fourth-order valence-electron chi connectivity index (χ4n) is 1.61. The topological polar surface area (TPSA) is 40.5 Å². The molecule has 1 rings (SSSR count). The Labute approximate surface area is 101 Å². The van der Waals surface area contributed by atoms with Gasteiger partial charge in [-0.05, 0) is 31.3 Å². The fraction of sp³-hybridized carbons (Fsp3) is 0.583. The van der Waals surface area contributed by atoms with E-state index in [0.29, 0.717) is 13.0 Å². The van der Waals surface area contributed by atoms with Crippen molar-refractivity contribution >= 4 is 17.3 Å². The molecule has 1 aromatic rings. The van der Waals surface area contributed by atoms with Crippen molar-refractivity contribution in [1.82, 2.24) is 4.90 Å². The minimum Gasteiger partial charge on any atom is -0.481 e. The van der Waals surface area contributed by atoms with E-state index in [2.05, 4.69) is 16.3 Å². The summed E-state index contributed by atoms with van der Waals surface area (Å²) in [7, 11) is 1.99. The third-order valence-electron chi connectivity index (χ3n) is 2.69. The quantitative estimate of drug-likeness (QED) is 0.796. The molecule has 90 valence electrons. The minimum atomic E-state index is -0.689. The van der Waals surface area contributed by atoms with Crippen molar-refractivity contribution in [3.05, 3.63) is 22.4 Å². The van der Waals surface area contributed by atoms with E-state index in [-0.39, 0.29) is 5.92 Å². The lowest BCUT2D eigenvalue weighted by molar-refractivity contribution is -0.142. The highest BCUT2D eigenvalue weighted by Crippen LogP contribution is 2.10. The zero-order valence-corrected chi connectivity index (χ0v) is 10.7. The van der Waals surface area contributed by atoms with Crippen molar-refractivity contribution in [3.63, 3.8) is 0 Å². The van der Waals surface area contributed by atoms with Crippen LogP contribution in [0, 0.1) is 5.92 Å². The lowest BCUT2D eigenvalue weighted by Crippen LogP contribution is -2.31. The first-order chi connectivity index (χ1) is 7.63. The Bertz CT molecular complexity index is 311. The van der Waals surface area contributed by atoms with Crippen LogP contribution < -0.4 is 0 Å². The van der Waals surface area contributed by atoms with Gasteiger partial charge in [0.25, 0.3) is 0 Å². The van der Waals surface area contributed by atoms with E-state index < -0.39 is 5.97 Å². The van der Waals surface area contributed by atoms with Crippen LogP contribution in [0.1, 0.15) is 18.2 Å². The summed E-state index contributed by atoms with van der Waals surface area (Å²) in [6.07, 6.45) is 1.70. The first-order valence-corrected chi connectivity index (χ1v) is 6.45. The Balaban J connectivity index is 2.29. The molecule has 0 saturated carbocycles. The summed E-state index contributed by atoms with van der Waals surface area (Å²) < 4.78 is 0. The summed E-state index contributed by atoms with van der Waals surface area (Å²) >= 11 is 1.75. The fourth-order valence-corrected chi connectivity index (χ4v) is 2.30. The Morgan fingerprint density at radius 2 is 2.38 bits per heavy atom. The lowest BCUT2D eigenvalue weighted by Gasteiger charge is -2.20. The number of carboxylic acid groups (broad SMARTS) is 1. The summed E-state index contributed by atoms with van der Waals surface area (Å²) in [6.45, 7) is 3.48. The number of likely N-dealkylation sites (N-methyl/N-ethyl adjacent to an activating group) is 1. The maximum atomic E-state index is 10.9. The molecule has 1 unspecified atom stereocenters. The first-order valence-electron chi connectivity index (χ1n) is 5.57. The summed E-state index contributed by atoms with van der Waals surface area (Å²) in [5.41, 5.74) is 0. The largest absolute Gasteiger partial charge is 0.481 e. The normalized spacial score (nSPS) is 12.9. The number of carbonyl (C=O) groups is 1. The minimum absolute atomic E-state index is 0.242. The summed E-state index contributed by atoms with van der Waals surface area (Å²) in [4.78, 5) is 14.3. The number of carboxylic acids is 1. The lowest BCUT2D eigenvalue weighted by atomic mass is 10.1. The standard InChI is InChI=1S/C12H19NO2S/c1-3-10(12(14)15)9-13(2)7-6-11-5-4-8-16-11/h4-5,8,10H,3,6-7,9H2,1-2H3,(H,14,15). The van der Waals surface area contributed by atoms with Crippen molar-refractivity contribution in [2.45, 2.75) is 19.8 Å². The number of rotatable bonds is 7. The van der Waals surface area contributed by atoms with E-state index in [1.165, 1.54) is 4.88 Å². The predicted molar refractivity (Wildman–Crippen MR) is 66.9 cm³/mol. The van der Waals surface area contributed by atoms with Crippen LogP contribution in [0.2, 0.25) is 0 Å². The third kappa shape index (κ3) is 4.33. The van der Waals surface area contributed by atoms with Gasteiger partial charge in [0.05, 0.1) is 5.92 Å². The molecular weight excluding hydrogens is 222 g/mol. The van der Waals surface area contributed by atoms with E-state index >= 15 is 0 Å². The first kappa shape index (κ1) is 13.2. The van der Waals surface area contributed by atoms with Gasteiger partial charge in [0, 0.05) is 18.0 Å². The van der Waals surface area contributed by atoms with Gasteiger partial charge in [-0.25, -0.2) is 0 Å². The predicted octanol–water partition coefficient (Wildman–Crippen LogP) is 2.33. The Morgan fingerprint density at radius 1 is 1.62 bits per heavy atom. The molecule has 0 aliphatic heterocycles. The van der Waals surface area contributed by atoms with E-state index in [9.17, 15) is 4.79 Å². The second-order valence-corrected chi connectivity index (χ2v) is 5.07. The van der Waals surface area contributed by atoms with Crippen molar-refractivity contribution in [3.8, 4) is 0 Å². The molecule has 0 aliphatic carbocycles. The molecule has 4 heteroatoms. The van der Waals surface area contributed by atoms with Gasteiger partial charge in [-0.1, -0.05) is 13.0 Å². The second kappa shape index (κ2) is 6.66. The Kier molecular flexibility index (Phi) is 5.49. The van der Waals surface area contributed by atoms with E-state index in [1.54, 1.807) is 11.3 Å². The highest BCUT2D eigenvalue weighted by molar-refractivity contribution is 7.09. The van der Waals surface area contributed by atoms with Crippen molar-refractivity contribution in [1.29, 1.82) is 0 Å². The van der Waals surface area contributed by atoms with Gasteiger partial charge in [-0.3, -0.25) is 4.79 Å². The average Bonchev–Trinajstić information content (AvgIpc) is 2.75. The average molecular weight is 241 g/mol. The highest BCUT2D eigenvalue weighted by atomic mass is 32.1. The maximum Gasteiger partial charge on any atom is 0.307 e. The molecule has 1 atom stereocenters. The van der Waals surface area contributed by atoms with Gasteiger partial charge in [0.15, 0.2) is 0 Å². The Morgan fingerprint density at radius 3 is 2.88 bits per heavy atom. The number of aliphatic carboxylic acids is 1. The molecule has 0 spiro atoms. The molecule has 1 aromatic heterocycles. The highest BCUT2D eigenvalue weighted by Gasteiger charge is 2.16. The van der Waals surface area contributed by atoms with Gasteiger partial charge >= 0.3 is 5.97 Å². The van der Waals surface area contributed by atoms with Crippen molar-refractivity contribution < 1.29 is 9.90 Å². The second-order valence-electron chi connectivity index (χ2n) is 4.04. The smallest absolute Gasteiger partial charge is 0.307 e. The molecule has 1 N–H and O–H groups in total. The molecule has 0 fully saturated rings. The SMILES string of the molecule is CCC(CN(C)CCc1cccs1)C(=O)O. The number of hydrogen-bond donors (Lipinski definition) is 1. The molecule has 0 bridgehead atoms. The number of nitrogens with zero attached hydrogens (tertiary/aromatic N) is 1. The summed E-state index contributed by atoms with van der Waals surface area (Å²) in [5.74, 6) is -0.932. The molecule has 16 heavy (non-hydrogen) atoms. The molecule has 1 heterocycles. The monoisotopic (exact) mass is 241 g/mol. The van der Waals surface area contributed by atoms with Crippen LogP contribution in [0.3, 0.4) is 0 Å². The van der Waals surface area contributed by atoms with E-state index in [0.717, 1.165) is 13.0 Å². The van der Waals surface area contributed by atoms with Crippen LogP contribution in [-0.4, -0.2) is 36.1 Å². The molecule has 0 aliphatic rings. The number of hydrogen-bond acceptors (Lipinski definition) is 3. The van der Waals surface area contributed by atoms with Crippen molar-refractivity contribution in [2.24, 2.45) is 5.92 Å². The molecule has 0 aromatic carbocycles. The molecule has 0 amide bonds. The molecular formula is C12H19NO2S. The van der Waals surface area contributed by atoms with Crippen molar-refractivity contribution in [2.75, 3.05) is 20.1 Å². The van der Waals surface area contributed by atoms with E-state index in [4.69, 9.17) is 5.11 Å².